The lowest BCUT2D eigenvalue weighted by molar-refractivity contribution is 0.0929. The van der Waals surface area contributed by atoms with E-state index in [2.05, 4.69) is 41.2 Å². The number of aromatic nitrogens is 3. The molecule has 0 aliphatic carbocycles. The second kappa shape index (κ2) is 7.50. The van der Waals surface area contributed by atoms with Gasteiger partial charge in [0.05, 0.1) is 30.6 Å². The van der Waals surface area contributed by atoms with Gasteiger partial charge in [-0.15, -0.1) is 5.10 Å². The van der Waals surface area contributed by atoms with Crippen molar-refractivity contribution in [2.24, 2.45) is 0 Å². The van der Waals surface area contributed by atoms with Crippen LogP contribution < -0.4 is 10.2 Å². The smallest absolute Gasteiger partial charge is 0.246 e. The van der Waals surface area contributed by atoms with Crippen molar-refractivity contribution in [1.82, 2.24) is 20.5 Å². The van der Waals surface area contributed by atoms with Gasteiger partial charge in [0.15, 0.2) is 0 Å². The van der Waals surface area contributed by atoms with Crippen molar-refractivity contribution in [3.05, 3.63) is 11.4 Å². The van der Waals surface area contributed by atoms with E-state index < -0.39 is 0 Å². The number of hydrogen-bond acceptors (Lipinski definition) is 6. The molecule has 20 heavy (non-hydrogen) atoms. The highest BCUT2D eigenvalue weighted by molar-refractivity contribution is 5.33. The van der Waals surface area contributed by atoms with Gasteiger partial charge in [0.1, 0.15) is 0 Å². The molecule has 1 aromatic rings. The van der Waals surface area contributed by atoms with Gasteiger partial charge in [0.2, 0.25) is 5.95 Å². The monoisotopic (exact) mass is 279 g/mol. The first kappa shape index (κ1) is 15.1. The van der Waals surface area contributed by atoms with Crippen LogP contribution in [0, 0.1) is 0 Å². The second-order valence-corrected chi connectivity index (χ2v) is 4.94. The van der Waals surface area contributed by atoms with Crippen molar-refractivity contribution in [1.29, 1.82) is 0 Å². The van der Waals surface area contributed by atoms with Crippen LogP contribution in [0.25, 0.3) is 0 Å². The predicted molar refractivity (Wildman–Crippen MR) is 79.1 cm³/mol. The molecule has 1 aromatic heterocycles. The van der Waals surface area contributed by atoms with Crippen molar-refractivity contribution in [3.63, 3.8) is 0 Å². The molecule has 0 amide bonds. The lowest BCUT2D eigenvalue weighted by atomic mass is 10.2. The minimum absolute atomic E-state index is 0.280. The Morgan fingerprint density at radius 3 is 2.70 bits per heavy atom. The average molecular weight is 279 g/mol. The van der Waals surface area contributed by atoms with E-state index in [0.717, 1.165) is 56.4 Å². The maximum atomic E-state index is 5.57. The summed E-state index contributed by atoms with van der Waals surface area (Å²) >= 11 is 0. The van der Waals surface area contributed by atoms with Gasteiger partial charge in [0.25, 0.3) is 0 Å². The number of hydrogen-bond donors (Lipinski definition) is 1. The van der Waals surface area contributed by atoms with Crippen molar-refractivity contribution < 1.29 is 4.74 Å². The molecule has 0 spiro atoms. The van der Waals surface area contributed by atoms with Gasteiger partial charge in [-0.2, -0.15) is 5.10 Å². The van der Waals surface area contributed by atoms with Crippen molar-refractivity contribution in [3.8, 4) is 0 Å². The molecule has 6 nitrogen and oxygen atoms in total. The summed E-state index contributed by atoms with van der Waals surface area (Å²) in [6.45, 7) is 10.4. The zero-order valence-electron chi connectivity index (χ0n) is 12.7. The van der Waals surface area contributed by atoms with E-state index in [1.807, 2.05) is 0 Å². The highest BCUT2D eigenvalue weighted by atomic mass is 16.5. The molecule has 1 N–H and O–H groups in total. The molecule has 1 aliphatic heterocycles. The summed E-state index contributed by atoms with van der Waals surface area (Å²) in [6, 6.07) is 0.280. The van der Waals surface area contributed by atoms with Gasteiger partial charge in [-0.1, -0.05) is 20.8 Å². The van der Waals surface area contributed by atoms with Gasteiger partial charge in [-0.25, -0.2) is 4.98 Å². The fraction of sp³-hybridized carbons (Fsp3) is 0.786. The fourth-order valence-electron chi connectivity index (χ4n) is 2.45. The molecule has 1 atom stereocenters. The Morgan fingerprint density at radius 1 is 1.20 bits per heavy atom. The first-order valence-corrected chi connectivity index (χ1v) is 7.57. The standard InChI is InChI=1S/C14H25N5O/c1-4-12-13(5-2)17-18-14(16-12)19-7-8-20-10-11(19)9-15-6-3/h11,15H,4-10H2,1-3H3. The van der Waals surface area contributed by atoms with E-state index in [1.54, 1.807) is 0 Å². The molecule has 112 valence electrons. The summed E-state index contributed by atoms with van der Waals surface area (Å²) in [6.07, 6.45) is 1.78. The molecule has 6 heteroatoms. The molecule has 1 saturated heterocycles. The molecule has 2 rings (SSSR count). The summed E-state index contributed by atoms with van der Waals surface area (Å²) < 4.78 is 5.57. The maximum Gasteiger partial charge on any atom is 0.246 e. The van der Waals surface area contributed by atoms with E-state index in [9.17, 15) is 0 Å². The first-order chi connectivity index (χ1) is 9.80. The molecule has 1 aliphatic rings. The number of morpholine rings is 1. The number of likely N-dealkylation sites (N-methyl/N-ethyl adjacent to an activating group) is 1. The number of nitrogens with zero attached hydrogens (tertiary/aromatic N) is 4. The number of rotatable bonds is 6. The fourth-order valence-corrected chi connectivity index (χ4v) is 2.45. The van der Waals surface area contributed by atoms with Crippen LogP contribution >= 0.6 is 0 Å². The van der Waals surface area contributed by atoms with Crippen LogP contribution in [0.3, 0.4) is 0 Å². The third kappa shape index (κ3) is 3.43. The minimum Gasteiger partial charge on any atom is -0.377 e. The largest absolute Gasteiger partial charge is 0.377 e. The quantitative estimate of drug-likeness (QED) is 0.831. The van der Waals surface area contributed by atoms with Crippen molar-refractivity contribution in [2.75, 3.05) is 37.7 Å². The Morgan fingerprint density at radius 2 is 2.00 bits per heavy atom. The predicted octanol–water partition coefficient (Wildman–Crippen LogP) is 0.811. The molecule has 0 aromatic carbocycles. The van der Waals surface area contributed by atoms with Gasteiger partial charge in [0, 0.05) is 13.1 Å². The zero-order chi connectivity index (χ0) is 14.4. The van der Waals surface area contributed by atoms with Gasteiger partial charge in [-0.3, -0.25) is 0 Å². The Bertz CT molecular complexity index is 426. The zero-order valence-corrected chi connectivity index (χ0v) is 12.7. The average Bonchev–Trinajstić information content (AvgIpc) is 2.52. The topological polar surface area (TPSA) is 63.2 Å². The van der Waals surface area contributed by atoms with Crippen LogP contribution in [-0.2, 0) is 17.6 Å². The number of ether oxygens (including phenoxy) is 1. The number of nitrogens with one attached hydrogen (secondary N) is 1. The van der Waals surface area contributed by atoms with Gasteiger partial charge < -0.3 is 15.0 Å². The third-order valence-corrected chi connectivity index (χ3v) is 3.61. The summed E-state index contributed by atoms with van der Waals surface area (Å²) in [7, 11) is 0. The summed E-state index contributed by atoms with van der Waals surface area (Å²) in [5.74, 6) is 0.741. The SMILES string of the molecule is CCNCC1COCCN1c1nnc(CC)c(CC)n1. The molecule has 0 radical (unpaired) electrons. The molecule has 0 bridgehead atoms. The van der Waals surface area contributed by atoms with Gasteiger partial charge >= 0.3 is 0 Å². The van der Waals surface area contributed by atoms with Crippen LogP contribution in [0.2, 0.25) is 0 Å². The Balaban J connectivity index is 2.18. The van der Waals surface area contributed by atoms with Crippen LogP contribution in [0.4, 0.5) is 5.95 Å². The molecular formula is C14H25N5O. The molecule has 1 fully saturated rings. The molecule has 0 saturated carbocycles. The Hall–Kier alpha value is -1.27. The van der Waals surface area contributed by atoms with E-state index in [0.29, 0.717) is 6.61 Å². The summed E-state index contributed by atoms with van der Waals surface area (Å²) in [5.41, 5.74) is 2.07. The van der Waals surface area contributed by atoms with Crippen LogP contribution in [-0.4, -0.2) is 54.1 Å². The highest BCUT2D eigenvalue weighted by Crippen LogP contribution is 2.16. The van der Waals surface area contributed by atoms with E-state index in [-0.39, 0.29) is 6.04 Å². The number of anilines is 1. The lowest BCUT2D eigenvalue weighted by Gasteiger charge is -2.35. The van der Waals surface area contributed by atoms with Crippen molar-refractivity contribution in [2.45, 2.75) is 39.7 Å². The molecule has 1 unspecified atom stereocenters. The number of aryl methyl sites for hydroxylation is 2. The molecular weight excluding hydrogens is 254 g/mol. The lowest BCUT2D eigenvalue weighted by Crippen LogP contribution is -2.51. The van der Waals surface area contributed by atoms with Crippen LogP contribution in [0.1, 0.15) is 32.2 Å². The minimum atomic E-state index is 0.280. The van der Waals surface area contributed by atoms with Crippen molar-refractivity contribution >= 4 is 5.95 Å². The molecule has 2 heterocycles. The summed E-state index contributed by atoms with van der Waals surface area (Å²) in [5, 5.41) is 12.0. The van der Waals surface area contributed by atoms with E-state index in [4.69, 9.17) is 9.72 Å². The van der Waals surface area contributed by atoms with Gasteiger partial charge in [-0.05, 0) is 19.4 Å². The van der Waals surface area contributed by atoms with E-state index >= 15 is 0 Å². The van der Waals surface area contributed by atoms with Crippen LogP contribution in [0.5, 0.6) is 0 Å². The first-order valence-electron chi connectivity index (χ1n) is 7.57. The maximum absolute atomic E-state index is 5.57. The van der Waals surface area contributed by atoms with E-state index in [1.165, 1.54) is 0 Å². The third-order valence-electron chi connectivity index (χ3n) is 3.61. The second-order valence-electron chi connectivity index (χ2n) is 4.94. The Kier molecular flexibility index (Phi) is 5.67. The summed E-state index contributed by atoms with van der Waals surface area (Å²) in [4.78, 5) is 6.93. The highest BCUT2D eigenvalue weighted by Gasteiger charge is 2.25. The Labute approximate surface area is 120 Å². The van der Waals surface area contributed by atoms with Crippen LogP contribution in [0.15, 0.2) is 0 Å². The normalized spacial score (nSPS) is 19.4.